The molecule has 0 radical (unpaired) electrons. The highest BCUT2D eigenvalue weighted by Crippen LogP contribution is 2.43. The number of rotatable bonds is 3. The normalized spacial score (nSPS) is 20.1. The van der Waals surface area contributed by atoms with Crippen molar-refractivity contribution >= 4 is 17.4 Å². The van der Waals surface area contributed by atoms with Gasteiger partial charge in [0.25, 0.3) is 0 Å². The number of ketones is 1. The van der Waals surface area contributed by atoms with Crippen molar-refractivity contribution in [2.75, 3.05) is 11.9 Å². The lowest BCUT2D eigenvalue weighted by atomic mass is 9.78. The number of anilines is 1. The molecule has 2 aromatic rings. The third-order valence-electron chi connectivity index (χ3n) is 4.52. The average Bonchev–Trinajstić information content (AvgIpc) is 2.70. The molecule has 1 unspecified atom stereocenters. The molecule has 3 nitrogen and oxygen atoms in total. The molecular formula is C19H19NO2. The van der Waals surface area contributed by atoms with E-state index in [0.29, 0.717) is 5.56 Å². The fourth-order valence-electron chi connectivity index (χ4n) is 3.16. The molecular weight excluding hydrogens is 274 g/mol. The lowest BCUT2D eigenvalue weighted by Gasteiger charge is -2.22. The number of nitrogens with zero attached hydrogens (tertiary/aromatic N) is 1. The van der Waals surface area contributed by atoms with Crippen molar-refractivity contribution in [2.45, 2.75) is 25.7 Å². The third kappa shape index (κ3) is 2.13. The third-order valence-corrected chi connectivity index (χ3v) is 4.52. The summed E-state index contributed by atoms with van der Waals surface area (Å²) in [5.41, 5.74) is 2.82. The van der Waals surface area contributed by atoms with Crippen molar-refractivity contribution in [1.82, 2.24) is 0 Å². The number of Topliss-reactive ketones (excluding diaryl/α,β-unsaturated/α-hetero) is 1. The van der Waals surface area contributed by atoms with Gasteiger partial charge in [0, 0.05) is 24.7 Å². The van der Waals surface area contributed by atoms with Crippen LogP contribution in [0, 0.1) is 6.92 Å². The van der Waals surface area contributed by atoms with Gasteiger partial charge in [-0.1, -0.05) is 48.0 Å². The minimum Gasteiger partial charge on any atom is -0.314 e. The molecule has 0 fully saturated rings. The maximum Gasteiger partial charge on any atom is 0.237 e. The zero-order chi connectivity index (χ0) is 15.9. The van der Waals surface area contributed by atoms with Gasteiger partial charge >= 0.3 is 0 Å². The van der Waals surface area contributed by atoms with Gasteiger partial charge in [0.2, 0.25) is 5.91 Å². The Morgan fingerprint density at radius 3 is 2.41 bits per heavy atom. The van der Waals surface area contributed by atoms with Crippen LogP contribution >= 0.6 is 0 Å². The van der Waals surface area contributed by atoms with Crippen LogP contribution in [-0.4, -0.2) is 18.7 Å². The van der Waals surface area contributed by atoms with Crippen LogP contribution < -0.4 is 4.90 Å². The van der Waals surface area contributed by atoms with Crippen molar-refractivity contribution in [2.24, 2.45) is 0 Å². The van der Waals surface area contributed by atoms with Gasteiger partial charge in [0.05, 0.1) is 5.41 Å². The van der Waals surface area contributed by atoms with Crippen molar-refractivity contribution < 1.29 is 9.59 Å². The number of para-hydroxylation sites is 1. The summed E-state index contributed by atoms with van der Waals surface area (Å²) in [6.07, 6.45) is 0.191. The second kappa shape index (κ2) is 5.09. The minimum atomic E-state index is -0.784. The quantitative estimate of drug-likeness (QED) is 0.812. The highest BCUT2D eigenvalue weighted by molar-refractivity contribution is 6.11. The van der Waals surface area contributed by atoms with Gasteiger partial charge in [-0.25, -0.2) is 0 Å². The molecule has 0 N–H and O–H groups in total. The molecule has 3 rings (SSSR count). The summed E-state index contributed by atoms with van der Waals surface area (Å²) in [4.78, 5) is 26.9. The highest BCUT2D eigenvalue weighted by Gasteiger charge is 2.46. The standard InChI is InChI=1S/C19H19NO2/c1-13-8-10-14(11-9-13)17(21)12-19(2)15-6-4-5-7-16(15)20(3)18(19)22/h4-11H,12H2,1-3H3. The number of amides is 1. The van der Waals surface area contributed by atoms with E-state index in [4.69, 9.17) is 0 Å². The molecule has 3 heteroatoms. The van der Waals surface area contributed by atoms with Crippen molar-refractivity contribution in [3.8, 4) is 0 Å². The first kappa shape index (κ1) is 14.5. The van der Waals surface area contributed by atoms with Crippen LogP contribution in [0.15, 0.2) is 48.5 Å². The summed E-state index contributed by atoms with van der Waals surface area (Å²) in [5, 5.41) is 0. The Hall–Kier alpha value is -2.42. The molecule has 0 bridgehead atoms. The zero-order valence-corrected chi connectivity index (χ0v) is 13.1. The van der Waals surface area contributed by atoms with Crippen molar-refractivity contribution in [3.05, 3.63) is 65.2 Å². The first-order chi connectivity index (χ1) is 10.4. The number of carbonyl (C=O) groups excluding carboxylic acids is 2. The fourth-order valence-corrected chi connectivity index (χ4v) is 3.16. The fraction of sp³-hybridized carbons (Fsp3) is 0.263. The van der Waals surface area contributed by atoms with Gasteiger partial charge in [0.1, 0.15) is 0 Å². The molecule has 2 aromatic carbocycles. The monoisotopic (exact) mass is 293 g/mol. The summed E-state index contributed by atoms with van der Waals surface area (Å²) < 4.78 is 0. The summed E-state index contributed by atoms with van der Waals surface area (Å²) in [5.74, 6) is -0.0184. The van der Waals surface area contributed by atoms with E-state index in [9.17, 15) is 9.59 Å². The molecule has 1 amide bonds. The van der Waals surface area contributed by atoms with E-state index in [-0.39, 0.29) is 18.1 Å². The first-order valence-corrected chi connectivity index (χ1v) is 7.41. The van der Waals surface area contributed by atoms with Crippen LogP contribution in [0.5, 0.6) is 0 Å². The SMILES string of the molecule is Cc1ccc(C(=O)CC2(C)C(=O)N(C)c3ccccc32)cc1. The number of benzene rings is 2. The van der Waals surface area contributed by atoms with Crippen LogP contribution in [-0.2, 0) is 10.2 Å². The molecule has 0 aromatic heterocycles. The molecule has 0 spiro atoms. The number of likely N-dealkylation sites (N-methyl/N-ethyl adjacent to an activating group) is 1. The second-order valence-electron chi connectivity index (χ2n) is 6.18. The Kier molecular flexibility index (Phi) is 3.36. The van der Waals surface area contributed by atoms with Gasteiger partial charge in [-0.3, -0.25) is 9.59 Å². The summed E-state index contributed by atoms with van der Waals surface area (Å²) in [7, 11) is 1.77. The van der Waals surface area contributed by atoms with Gasteiger partial charge in [-0.15, -0.1) is 0 Å². The van der Waals surface area contributed by atoms with Crippen molar-refractivity contribution in [1.29, 1.82) is 0 Å². The smallest absolute Gasteiger partial charge is 0.237 e. The molecule has 1 aliphatic rings. The van der Waals surface area contributed by atoms with Gasteiger partial charge in [-0.2, -0.15) is 0 Å². The van der Waals surface area contributed by atoms with E-state index < -0.39 is 5.41 Å². The predicted molar refractivity (Wildman–Crippen MR) is 87.3 cm³/mol. The predicted octanol–water partition coefficient (Wildman–Crippen LogP) is 3.50. The number of aryl methyl sites for hydroxylation is 1. The minimum absolute atomic E-state index is 0.000882. The van der Waals surface area contributed by atoms with E-state index in [1.54, 1.807) is 11.9 Å². The Labute approximate surface area is 130 Å². The molecule has 112 valence electrons. The largest absolute Gasteiger partial charge is 0.314 e. The first-order valence-electron chi connectivity index (χ1n) is 7.41. The van der Waals surface area contributed by atoms with E-state index >= 15 is 0 Å². The summed E-state index contributed by atoms with van der Waals surface area (Å²) >= 11 is 0. The maximum absolute atomic E-state index is 12.7. The topological polar surface area (TPSA) is 37.4 Å². The molecule has 0 saturated heterocycles. The van der Waals surface area contributed by atoms with E-state index in [1.807, 2.05) is 62.4 Å². The van der Waals surface area contributed by atoms with Gasteiger partial charge < -0.3 is 4.90 Å². The van der Waals surface area contributed by atoms with Crippen LogP contribution in [0.25, 0.3) is 0 Å². The lowest BCUT2D eigenvalue weighted by molar-refractivity contribution is -0.122. The van der Waals surface area contributed by atoms with Crippen LogP contribution in [0.2, 0.25) is 0 Å². The van der Waals surface area contributed by atoms with Crippen LogP contribution in [0.1, 0.15) is 34.8 Å². The number of hydrogen-bond acceptors (Lipinski definition) is 2. The Morgan fingerprint density at radius 2 is 1.73 bits per heavy atom. The average molecular weight is 293 g/mol. The maximum atomic E-state index is 12.7. The summed E-state index contributed by atoms with van der Waals surface area (Å²) in [6, 6.07) is 15.2. The van der Waals surface area contributed by atoms with Gasteiger partial charge in [0.15, 0.2) is 5.78 Å². The highest BCUT2D eigenvalue weighted by atomic mass is 16.2. The molecule has 22 heavy (non-hydrogen) atoms. The molecule has 0 aliphatic carbocycles. The van der Waals surface area contributed by atoms with E-state index in [1.165, 1.54) is 0 Å². The second-order valence-corrected chi connectivity index (χ2v) is 6.18. The van der Waals surface area contributed by atoms with E-state index in [0.717, 1.165) is 16.8 Å². The number of fused-ring (bicyclic) bond motifs is 1. The van der Waals surface area contributed by atoms with Gasteiger partial charge in [-0.05, 0) is 25.5 Å². The lowest BCUT2D eigenvalue weighted by Crippen LogP contribution is -2.37. The Morgan fingerprint density at radius 1 is 1.09 bits per heavy atom. The Balaban J connectivity index is 1.95. The van der Waals surface area contributed by atoms with Crippen LogP contribution in [0.4, 0.5) is 5.69 Å². The molecule has 0 saturated carbocycles. The zero-order valence-electron chi connectivity index (χ0n) is 13.1. The number of carbonyl (C=O) groups is 2. The molecule has 1 aliphatic heterocycles. The number of hydrogen-bond donors (Lipinski definition) is 0. The van der Waals surface area contributed by atoms with E-state index in [2.05, 4.69) is 0 Å². The van der Waals surface area contributed by atoms with Crippen molar-refractivity contribution in [3.63, 3.8) is 0 Å². The Bertz CT molecular complexity index is 748. The molecule has 1 atom stereocenters. The van der Waals surface area contributed by atoms with Crippen LogP contribution in [0.3, 0.4) is 0 Å². The summed E-state index contributed by atoms with van der Waals surface area (Å²) in [6.45, 7) is 3.85. The molecule has 1 heterocycles.